The summed E-state index contributed by atoms with van der Waals surface area (Å²) in [5.74, 6) is 0. The number of halogens is 2. The Hall–Kier alpha value is -0.110. The number of hydrogen-bond acceptors (Lipinski definition) is 3. The number of alkyl carbamates (subject to hydrolysis) is 1. The monoisotopic (exact) mass is 344 g/mol. The van der Waals surface area contributed by atoms with E-state index in [1.807, 2.05) is 3.11 Å². The van der Waals surface area contributed by atoms with E-state index in [1.54, 1.807) is 20.8 Å². The molecule has 94 valence electrons. The fraction of sp³-hybridized carbons (Fsp3) is 0.900. The topological polar surface area (TPSA) is 41.6 Å². The first-order chi connectivity index (χ1) is 7.28. The van der Waals surface area contributed by atoms with Gasteiger partial charge in [0.15, 0.2) is 0 Å². The fourth-order valence-electron chi connectivity index (χ4n) is 1.48. The maximum Gasteiger partial charge on any atom is 0.408 e. The van der Waals surface area contributed by atoms with Crippen LogP contribution in [0.15, 0.2) is 0 Å². The Kier molecular flexibility index (Phi) is 4.78. The van der Waals surface area contributed by atoms with Crippen LogP contribution in [-0.2, 0) is 4.74 Å². The molecule has 1 aliphatic heterocycles. The molecular formula is C10H18FIN2O2. The van der Waals surface area contributed by atoms with Crippen molar-refractivity contribution in [2.75, 3.05) is 13.1 Å². The second kappa shape index (κ2) is 5.48. The zero-order chi connectivity index (χ0) is 12.3. The number of alkyl halides is 1. The highest BCUT2D eigenvalue weighted by Gasteiger charge is 2.30. The van der Waals surface area contributed by atoms with E-state index >= 15 is 0 Å². The first-order valence-corrected chi connectivity index (χ1v) is 6.29. The summed E-state index contributed by atoms with van der Waals surface area (Å²) in [6, 6.07) is -0.472. The Labute approximate surface area is 109 Å². The van der Waals surface area contributed by atoms with Gasteiger partial charge in [-0.25, -0.2) is 12.3 Å². The molecule has 0 aliphatic carbocycles. The summed E-state index contributed by atoms with van der Waals surface area (Å²) in [6.07, 6.45) is -1.09. The van der Waals surface area contributed by atoms with Gasteiger partial charge in [-0.05, 0) is 27.2 Å². The third kappa shape index (κ3) is 4.82. The van der Waals surface area contributed by atoms with Crippen molar-refractivity contribution in [2.45, 2.75) is 45.0 Å². The number of carbonyl (C=O) groups excluding carboxylic acids is 1. The van der Waals surface area contributed by atoms with Crippen LogP contribution in [0.1, 0.15) is 27.2 Å². The van der Waals surface area contributed by atoms with Gasteiger partial charge >= 0.3 is 6.09 Å². The van der Waals surface area contributed by atoms with Crippen LogP contribution < -0.4 is 5.32 Å². The van der Waals surface area contributed by atoms with Gasteiger partial charge in [0.25, 0.3) is 0 Å². The first kappa shape index (κ1) is 14.0. The van der Waals surface area contributed by atoms with Crippen LogP contribution in [0.25, 0.3) is 0 Å². The Balaban J connectivity index is 2.43. The molecule has 4 nitrogen and oxygen atoms in total. The van der Waals surface area contributed by atoms with Gasteiger partial charge < -0.3 is 10.1 Å². The van der Waals surface area contributed by atoms with Gasteiger partial charge in [-0.3, -0.25) is 0 Å². The summed E-state index contributed by atoms with van der Waals surface area (Å²) in [7, 11) is 0. The highest BCUT2D eigenvalue weighted by atomic mass is 127. The number of nitrogens with one attached hydrogen (secondary N) is 1. The number of hydrogen-bond donors (Lipinski definition) is 1. The molecule has 0 aromatic rings. The van der Waals surface area contributed by atoms with Crippen molar-refractivity contribution in [1.29, 1.82) is 0 Å². The van der Waals surface area contributed by atoms with E-state index in [1.165, 1.54) is 0 Å². The average Bonchev–Trinajstić information content (AvgIpc) is 2.08. The summed E-state index contributed by atoms with van der Waals surface area (Å²) in [5, 5.41) is 2.57. The van der Waals surface area contributed by atoms with E-state index in [0.29, 0.717) is 19.5 Å². The third-order valence-corrected chi connectivity index (χ3v) is 3.06. The second-order valence-corrected chi connectivity index (χ2v) is 6.29. The fourth-order valence-corrected chi connectivity index (χ4v) is 2.18. The molecule has 0 bridgehead atoms. The second-order valence-electron chi connectivity index (χ2n) is 4.93. The lowest BCUT2D eigenvalue weighted by atomic mass is 10.1. The summed E-state index contributed by atoms with van der Waals surface area (Å²) in [5.41, 5.74) is -0.547. The largest absolute Gasteiger partial charge is 0.444 e. The molecule has 0 aromatic heterocycles. The SMILES string of the molecule is CC(C)(C)OC(=O)N[C@@H]1CN(I)CC[C@H]1F. The van der Waals surface area contributed by atoms with Crippen molar-refractivity contribution < 1.29 is 13.9 Å². The van der Waals surface area contributed by atoms with Gasteiger partial charge in [0.05, 0.1) is 6.04 Å². The van der Waals surface area contributed by atoms with Crippen LogP contribution >= 0.6 is 22.9 Å². The molecule has 1 aliphatic rings. The summed E-state index contributed by atoms with van der Waals surface area (Å²) < 4.78 is 20.6. The number of piperidine rings is 1. The zero-order valence-corrected chi connectivity index (χ0v) is 12.0. The molecule has 0 unspecified atom stereocenters. The predicted octanol–water partition coefficient (Wildman–Crippen LogP) is 2.27. The molecule has 16 heavy (non-hydrogen) atoms. The van der Waals surface area contributed by atoms with Gasteiger partial charge in [0.2, 0.25) is 0 Å². The van der Waals surface area contributed by atoms with Gasteiger partial charge in [-0.2, -0.15) is 0 Å². The Morgan fingerprint density at radius 2 is 2.19 bits per heavy atom. The van der Waals surface area contributed by atoms with E-state index in [9.17, 15) is 9.18 Å². The van der Waals surface area contributed by atoms with Crippen molar-refractivity contribution in [3.63, 3.8) is 0 Å². The third-order valence-electron chi connectivity index (χ3n) is 2.18. The van der Waals surface area contributed by atoms with Crippen LogP contribution in [0.4, 0.5) is 9.18 Å². The highest BCUT2D eigenvalue weighted by Crippen LogP contribution is 2.17. The van der Waals surface area contributed by atoms with Crippen molar-refractivity contribution >= 4 is 29.0 Å². The molecule has 2 atom stereocenters. The maximum absolute atomic E-state index is 13.5. The van der Waals surface area contributed by atoms with Crippen LogP contribution in [-0.4, -0.2) is 40.1 Å². The standard InChI is InChI=1S/C10H18FIN2O2/c1-10(2,3)16-9(15)13-8-6-14(12)5-4-7(8)11/h7-8H,4-6H2,1-3H3,(H,13,15)/t7-,8-/m1/s1. The van der Waals surface area contributed by atoms with Crippen molar-refractivity contribution in [1.82, 2.24) is 8.43 Å². The van der Waals surface area contributed by atoms with Crippen LogP contribution in [0.2, 0.25) is 0 Å². The Bertz CT molecular complexity index is 258. The summed E-state index contributed by atoms with van der Waals surface area (Å²) in [6.45, 7) is 6.58. The van der Waals surface area contributed by atoms with Crippen molar-refractivity contribution in [3.05, 3.63) is 0 Å². The zero-order valence-electron chi connectivity index (χ0n) is 9.80. The molecular weight excluding hydrogens is 326 g/mol. The number of rotatable bonds is 1. The number of ether oxygens (including phenoxy) is 1. The number of amides is 1. The van der Waals surface area contributed by atoms with Gasteiger partial charge in [-0.15, -0.1) is 0 Å². The molecule has 1 heterocycles. The van der Waals surface area contributed by atoms with Crippen LogP contribution in [0, 0.1) is 0 Å². The van der Waals surface area contributed by atoms with E-state index in [0.717, 1.165) is 0 Å². The minimum absolute atomic E-state index is 0.448. The molecule has 1 saturated heterocycles. The normalized spacial score (nSPS) is 27.6. The van der Waals surface area contributed by atoms with E-state index in [4.69, 9.17) is 4.74 Å². The predicted molar refractivity (Wildman–Crippen MR) is 68.3 cm³/mol. The average molecular weight is 344 g/mol. The molecule has 1 rings (SSSR count). The molecule has 0 aromatic carbocycles. The Morgan fingerprint density at radius 1 is 1.56 bits per heavy atom. The van der Waals surface area contributed by atoms with Gasteiger partial charge in [-0.1, -0.05) is 0 Å². The summed E-state index contributed by atoms with van der Waals surface area (Å²) >= 11 is 2.13. The highest BCUT2D eigenvalue weighted by molar-refractivity contribution is 14.1. The first-order valence-electron chi connectivity index (χ1n) is 5.32. The smallest absolute Gasteiger partial charge is 0.408 e. The van der Waals surface area contributed by atoms with Crippen molar-refractivity contribution in [3.8, 4) is 0 Å². The lowest BCUT2D eigenvalue weighted by molar-refractivity contribution is 0.0444. The van der Waals surface area contributed by atoms with E-state index < -0.39 is 23.9 Å². The van der Waals surface area contributed by atoms with Gasteiger partial charge in [0.1, 0.15) is 11.8 Å². The number of carbonyl (C=O) groups is 1. The molecule has 1 fully saturated rings. The molecule has 6 heteroatoms. The lowest BCUT2D eigenvalue weighted by Crippen LogP contribution is -2.52. The minimum atomic E-state index is -0.987. The Morgan fingerprint density at radius 3 is 2.75 bits per heavy atom. The lowest BCUT2D eigenvalue weighted by Gasteiger charge is -2.32. The molecule has 0 saturated carbocycles. The molecule has 1 N–H and O–H groups in total. The molecule has 0 radical (unpaired) electrons. The molecule has 1 amide bonds. The quantitative estimate of drug-likeness (QED) is 0.586. The minimum Gasteiger partial charge on any atom is -0.444 e. The van der Waals surface area contributed by atoms with Crippen LogP contribution in [0.3, 0.4) is 0 Å². The van der Waals surface area contributed by atoms with Crippen LogP contribution in [0.5, 0.6) is 0 Å². The van der Waals surface area contributed by atoms with E-state index in [2.05, 4.69) is 28.2 Å². The van der Waals surface area contributed by atoms with Crippen molar-refractivity contribution in [2.24, 2.45) is 0 Å². The van der Waals surface area contributed by atoms with E-state index in [-0.39, 0.29) is 0 Å². The molecule has 0 spiro atoms. The van der Waals surface area contributed by atoms with Gasteiger partial charge in [0, 0.05) is 36.0 Å². The summed E-state index contributed by atoms with van der Waals surface area (Å²) in [4.78, 5) is 11.5. The number of nitrogens with zero attached hydrogens (tertiary/aromatic N) is 1. The maximum atomic E-state index is 13.5.